The van der Waals surface area contributed by atoms with Gasteiger partial charge in [-0.3, -0.25) is 0 Å². The third-order valence-corrected chi connectivity index (χ3v) is 2.19. The second-order valence-electron chi connectivity index (χ2n) is 2.31. The Morgan fingerprint density at radius 1 is 1.57 bits per heavy atom. The predicted octanol–water partition coefficient (Wildman–Crippen LogP) is 3.76. The van der Waals surface area contributed by atoms with Crippen molar-refractivity contribution in [1.29, 1.82) is 0 Å². The quantitative estimate of drug-likeness (QED) is 0.323. The van der Waals surface area contributed by atoms with Gasteiger partial charge in [0, 0.05) is 14.9 Å². The van der Waals surface area contributed by atoms with Crippen LogP contribution in [0.5, 0.6) is 0 Å². The number of benzene rings is 1. The molecular weight excluding hydrogens is 265 g/mol. The first-order valence-electron chi connectivity index (χ1n) is 3.69. The molecule has 0 bridgehead atoms. The molecule has 3 nitrogen and oxygen atoms in total. The Morgan fingerprint density at radius 3 is 3.07 bits per heavy atom. The maximum Gasteiger partial charge on any atom is 0.0880 e. The number of hydrogen-bond acceptors (Lipinski definition) is 1. The summed E-state index contributed by atoms with van der Waals surface area (Å²) in [7, 11) is 0. The molecule has 14 heavy (non-hydrogen) atoms. The number of azide groups is 1. The standard InChI is InChI=1S/C9H5BrClN3/c10-8-3-4-9(11)7(6-8)2-1-5-13-14-12/h3-4,6H,5H2. The van der Waals surface area contributed by atoms with E-state index >= 15 is 0 Å². The molecule has 0 amide bonds. The van der Waals surface area contributed by atoms with Gasteiger partial charge in [-0.1, -0.05) is 44.5 Å². The average molecular weight is 271 g/mol. The van der Waals surface area contributed by atoms with Crippen molar-refractivity contribution in [1.82, 2.24) is 0 Å². The van der Waals surface area contributed by atoms with E-state index in [-0.39, 0.29) is 6.54 Å². The molecule has 5 heteroatoms. The molecule has 70 valence electrons. The Kier molecular flexibility index (Phi) is 4.34. The van der Waals surface area contributed by atoms with E-state index in [1.807, 2.05) is 12.1 Å². The van der Waals surface area contributed by atoms with Crippen molar-refractivity contribution in [2.45, 2.75) is 0 Å². The lowest BCUT2D eigenvalue weighted by molar-refractivity contribution is 1.25. The van der Waals surface area contributed by atoms with Crippen LogP contribution < -0.4 is 0 Å². The van der Waals surface area contributed by atoms with E-state index in [9.17, 15) is 0 Å². The molecule has 0 saturated carbocycles. The van der Waals surface area contributed by atoms with Crippen LogP contribution in [-0.4, -0.2) is 6.54 Å². The first-order chi connectivity index (χ1) is 6.74. The fourth-order valence-corrected chi connectivity index (χ4v) is 1.32. The summed E-state index contributed by atoms with van der Waals surface area (Å²) in [5.41, 5.74) is 8.74. The molecule has 0 aromatic heterocycles. The number of hydrogen-bond donors (Lipinski definition) is 0. The zero-order valence-electron chi connectivity index (χ0n) is 7.04. The first-order valence-corrected chi connectivity index (χ1v) is 4.86. The molecule has 0 atom stereocenters. The highest BCUT2D eigenvalue weighted by Crippen LogP contribution is 2.19. The largest absolute Gasteiger partial charge is 0.0918 e. The minimum atomic E-state index is 0.152. The molecule has 1 rings (SSSR count). The summed E-state index contributed by atoms with van der Waals surface area (Å²) in [5, 5.41) is 3.88. The van der Waals surface area contributed by atoms with Crippen LogP contribution in [0.25, 0.3) is 10.4 Å². The van der Waals surface area contributed by atoms with Crippen molar-refractivity contribution in [2.75, 3.05) is 6.54 Å². The van der Waals surface area contributed by atoms with Crippen LogP contribution in [0.4, 0.5) is 0 Å². The van der Waals surface area contributed by atoms with Gasteiger partial charge in [0.05, 0.1) is 11.6 Å². The van der Waals surface area contributed by atoms with E-state index in [1.54, 1.807) is 6.07 Å². The van der Waals surface area contributed by atoms with Gasteiger partial charge < -0.3 is 0 Å². The van der Waals surface area contributed by atoms with Crippen LogP contribution >= 0.6 is 27.5 Å². The van der Waals surface area contributed by atoms with Gasteiger partial charge in [-0.15, -0.1) is 0 Å². The van der Waals surface area contributed by atoms with Gasteiger partial charge >= 0.3 is 0 Å². The molecule has 0 heterocycles. The van der Waals surface area contributed by atoms with E-state index in [2.05, 4.69) is 37.8 Å². The fraction of sp³-hybridized carbons (Fsp3) is 0.111. The zero-order valence-corrected chi connectivity index (χ0v) is 9.38. The molecule has 0 radical (unpaired) electrons. The van der Waals surface area contributed by atoms with E-state index < -0.39 is 0 Å². The number of halogens is 2. The fourth-order valence-electron chi connectivity index (χ4n) is 0.795. The van der Waals surface area contributed by atoms with Gasteiger partial charge in [0.25, 0.3) is 0 Å². The Morgan fingerprint density at radius 2 is 2.36 bits per heavy atom. The van der Waals surface area contributed by atoms with Crippen molar-refractivity contribution in [3.8, 4) is 11.8 Å². The second-order valence-corrected chi connectivity index (χ2v) is 3.64. The van der Waals surface area contributed by atoms with Crippen molar-refractivity contribution < 1.29 is 0 Å². The van der Waals surface area contributed by atoms with E-state index in [1.165, 1.54) is 0 Å². The maximum atomic E-state index is 8.02. The van der Waals surface area contributed by atoms with Gasteiger partial charge in [-0.25, -0.2) is 0 Å². The normalized spacial score (nSPS) is 8.43. The molecule has 0 aliphatic heterocycles. The van der Waals surface area contributed by atoms with Gasteiger partial charge in [0.1, 0.15) is 0 Å². The minimum Gasteiger partial charge on any atom is -0.0918 e. The molecule has 1 aromatic carbocycles. The van der Waals surface area contributed by atoms with E-state index in [4.69, 9.17) is 17.1 Å². The van der Waals surface area contributed by atoms with Crippen LogP contribution in [0.3, 0.4) is 0 Å². The molecule has 0 aliphatic rings. The smallest absolute Gasteiger partial charge is 0.0880 e. The highest BCUT2D eigenvalue weighted by atomic mass is 79.9. The first kappa shape index (κ1) is 10.9. The average Bonchev–Trinajstić information content (AvgIpc) is 2.18. The Bertz CT molecular complexity index is 441. The van der Waals surface area contributed by atoms with Gasteiger partial charge in [-0.2, -0.15) is 0 Å². The van der Waals surface area contributed by atoms with E-state index in [0.717, 1.165) is 4.47 Å². The molecule has 0 spiro atoms. The highest BCUT2D eigenvalue weighted by molar-refractivity contribution is 9.10. The van der Waals surface area contributed by atoms with Crippen LogP contribution in [0.15, 0.2) is 27.8 Å². The zero-order chi connectivity index (χ0) is 10.4. The molecule has 0 aliphatic carbocycles. The SMILES string of the molecule is [N-]=[N+]=NCC#Cc1cc(Br)ccc1Cl. The third-order valence-electron chi connectivity index (χ3n) is 1.36. The number of nitrogens with zero attached hydrogens (tertiary/aromatic N) is 3. The topological polar surface area (TPSA) is 48.8 Å². The van der Waals surface area contributed by atoms with Crippen LogP contribution in [-0.2, 0) is 0 Å². The summed E-state index contributed by atoms with van der Waals surface area (Å²) in [4.78, 5) is 2.59. The number of rotatable bonds is 1. The molecule has 0 fully saturated rings. The summed E-state index contributed by atoms with van der Waals surface area (Å²) in [5.74, 6) is 5.51. The monoisotopic (exact) mass is 269 g/mol. The summed E-state index contributed by atoms with van der Waals surface area (Å²) < 4.78 is 0.912. The lowest BCUT2D eigenvalue weighted by Crippen LogP contribution is -1.78. The molecule has 0 saturated heterocycles. The lowest BCUT2D eigenvalue weighted by atomic mass is 10.2. The van der Waals surface area contributed by atoms with E-state index in [0.29, 0.717) is 10.6 Å². The molecule has 1 aromatic rings. The molecule has 0 N–H and O–H groups in total. The Labute approximate surface area is 94.8 Å². The third kappa shape index (κ3) is 3.31. The van der Waals surface area contributed by atoms with Crippen LogP contribution in [0.2, 0.25) is 5.02 Å². The van der Waals surface area contributed by atoms with Crippen molar-refractivity contribution in [2.24, 2.45) is 5.11 Å². The van der Waals surface area contributed by atoms with Crippen molar-refractivity contribution in [3.05, 3.63) is 43.7 Å². The van der Waals surface area contributed by atoms with Crippen molar-refractivity contribution >= 4 is 27.5 Å². The Hall–Kier alpha value is -1.14. The summed E-state index contributed by atoms with van der Waals surface area (Å²) in [6.45, 7) is 0.152. The van der Waals surface area contributed by atoms with Crippen LogP contribution in [0, 0.1) is 11.8 Å². The summed E-state index contributed by atoms with van der Waals surface area (Å²) in [6.07, 6.45) is 0. The Balaban J connectivity index is 2.88. The maximum absolute atomic E-state index is 8.02. The summed E-state index contributed by atoms with van der Waals surface area (Å²) >= 11 is 9.19. The predicted molar refractivity (Wildman–Crippen MR) is 60.0 cm³/mol. The minimum absolute atomic E-state index is 0.152. The second kappa shape index (κ2) is 5.56. The lowest BCUT2D eigenvalue weighted by Gasteiger charge is -1.95. The summed E-state index contributed by atoms with van der Waals surface area (Å²) in [6, 6.07) is 5.40. The molecule has 0 unspecified atom stereocenters. The van der Waals surface area contributed by atoms with Gasteiger partial charge in [-0.05, 0) is 23.7 Å². The van der Waals surface area contributed by atoms with Gasteiger partial charge in [0.15, 0.2) is 0 Å². The highest BCUT2D eigenvalue weighted by Gasteiger charge is 1.96. The molecular formula is C9H5BrClN3. The van der Waals surface area contributed by atoms with Crippen LogP contribution in [0.1, 0.15) is 5.56 Å². The van der Waals surface area contributed by atoms with Gasteiger partial charge in [0.2, 0.25) is 0 Å². The van der Waals surface area contributed by atoms with Crippen molar-refractivity contribution in [3.63, 3.8) is 0 Å².